The summed E-state index contributed by atoms with van der Waals surface area (Å²) in [5, 5.41) is 0. The second kappa shape index (κ2) is 3.72. The number of ether oxygens (including phenoxy) is 1. The van der Waals surface area contributed by atoms with E-state index in [-0.39, 0.29) is 24.0 Å². The van der Waals surface area contributed by atoms with E-state index in [1.807, 2.05) is 27.7 Å². The van der Waals surface area contributed by atoms with Gasteiger partial charge in [-0.05, 0) is 27.7 Å². The summed E-state index contributed by atoms with van der Waals surface area (Å²) in [6.45, 7) is 7.69. The Morgan fingerprint density at radius 1 is 1.55 bits per heavy atom. The molecule has 0 heterocycles. The summed E-state index contributed by atoms with van der Waals surface area (Å²) < 4.78 is 5.45. The van der Waals surface area contributed by atoms with Gasteiger partial charge in [0.25, 0.3) is 0 Å². The molecule has 0 fully saturated rings. The van der Waals surface area contributed by atoms with Crippen LogP contribution in [0.2, 0.25) is 0 Å². The molecule has 11 heavy (non-hydrogen) atoms. The van der Waals surface area contributed by atoms with Crippen molar-refractivity contribution < 1.29 is 9.53 Å². The summed E-state index contributed by atoms with van der Waals surface area (Å²) in [7, 11) is 0. The SMILES string of the molecule is CC(CC(N)=O)OC(C)(C)C. The average molecular weight is 159 g/mol. The van der Waals surface area contributed by atoms with Crippen LogP contribution in [0.3, 0.4) is 0 Å². The van der Waals surface area contributed by atoms with Gasteiger partial charge in [0.05, 0.1) is 18.1 Å². The highest BCUT2D eigenvalue weighted by molar-refractivity contribution is 5.74. The molecule has 0 bridgehead atoms. The molecule has 0 saturated heterocycles. The fourth-order valence-electron chi connectivity index (χ4n) is 0.929. The standard InChI is InChI=1S/C8H17NO2/c1-6(5-7(9)10)11-8(2,3)4/h6H,5H2,1-4H3,(H2,9,10). The lowest BCUT2D eigenvalue weighted by Crippen LogP contribution is -2.29. The zero-order valence-electron chi connectivity index (χ0n) is 7.68. The first kappa shape index (κ1) is 10.4. The molecule has 0 aliphatic rings. The summed E-state index contributed by atoms with van der Waals surface area (Å²) in [6, 6.07) is 0. The lowest BCUT2D eigenvalue weighted by Gasteiger charge is -2.24. The maximum atomic E-state index is 10.4. The van der Waals surface area contributed by atoms with Gasteiger partial charge in [-0.15, -0.1) is 0 Å². The van der Waals surface area contributed by atoms with Gasteiger partial charge in [-0.1, -0.05) is 0 Å². The van der Waals surface area contributed by atoms with E-state index in [9.17, 15) is 4.79 Å². The molecule has 0 rings (SSSR count). The van der Waals surface area contributed by atoms with Gasteiger partial charge in [0.2, 0.25) is 5.91 Å². The van der Waals surface area contributed by atoms with Crippen molar-refractivity contribution in [3.63, 3.8) is 0 Å². The molecular formula is C8H17NO2. The fraction of sp³-hybridized carbons (Fsp3) is 0.875. The third-order valence-corrected chi connectivity index (χ3v) is 1.04. The minimum absolute atomic E-state index is 0.0903. The first-order chi connectivity index (χ1) is 4.81. The monoisotopic (exact) mass is 159 g/mol. The molecule has 0 aliphatic carbocycles. The van der Waals surface area contributed by atoms with Crippen LogP contribution in [-0.4, -0.2) is 17.6 Å². The number of carbonyl (C=O) groups excluding carboxylic acids is 1. The van der Waals surface area contributed by atoms with Gasteiger partial charge in [0, 0.05) is 0 Å². The van der Waals surface area contributed by atoms with Crippen LogP contribution in [0, 0.1) is 0 Å². The Morgan fingerprint density at radius 2 is 2.00 bits per heavy atom. The third-order valence-electron chi connectivity index (χ3n) is 1.04. The smallest absolute Gasteiger partial charge is 0.220 e. The molecule has 0 aromatic rings. The molecule has 2 N–H and O–H groups in total. The van der Waals surface area contributed by atoms with Gasteiger partial charge in [-0.2, -0.15) is 0 Å². The van der Waals surface area contributed by atoms with E-state index in [0.717, 1.165) is 0 Å². The Labute approximate surface area is 67.9 Å². The van der Waals surface area contributed by atoms with Crippen LogP contribution in [0.1, 0.15) is 34.1 Å². The van der Waals surface area contributed by atoms with Crippen molar-refractivity contribution in [2.45, 2.75) is 45.8 Å². The molecule has 1 atom stereocenters. The molecule has 3 heteroatoms. The summed E-state index contributed by atoms with van der Waals surface area (Å²) in [5.74, 6) is -0.318. The molecular weight excluding hydrogens is 142 g/mol. The van der Waals surface area contributed by atoms with Crippen LogP contribution in [0.5, 0.6) is 0 Å². The Kier molecular flexibility index (Phi) is 3.52. The van der Waals surface area contributed by atoms with Crippen LogP contribution in [0.25, 0.3) is 0 Å². The number of carbonyl (C=O) groups is 1. The van der Waals surface area contributed by atoms with E-state index in [0.29, 0.717) is 0 Å². The number of nitrogens with two attached hydrogens (primary N) is 1. The van der Waals surface area contributed by atoms with Crippen molar-refractivity contribution in [3.8, 4) is 0 Å². The van der Waals surface area contributed by atoms with Gasteiger partial charge in [-0.3, -0.25) is 4.79 Å². The Balaban J connectivity index is 3.69. The van der Waals surface area contributed by atoms with Crippen molar-refractivity contribution in [1.29, 1.82) is 0 Å². The lowest BCUT2D eigenvalue weighted by atomic mass is 10.1. The lowest BCUT2D eigenvalue weighted by molar-refractivity contribution is -0.123. The summed E-state index contributed by atoms with van der Waals surface area (Å²) >= 11 is 0. The Morgan fingerprint density at radius 3 is 2.27 bits per heavy atom. The predicted octanol–water partition coefficient (Wildman–Crippen LogP) is 1.07. The first-order valence-electron chi connectivity index (χ1n) is 3.77. The van der Waals surface area contributed by atoms with E-state index in [1.54, 1.807) is 0 Å². The predicted molar refractivity (Wildman–Crippen MR) is 44.1 cm³/mol. The van der Waals surface area contributed by atoms with E-state index < -0.39 is 0 Å². The Bertz CT molecular complexity index is 138. The topological polar surface area (TPSA) is 52.3 Å². The number of rotatable bonds is 3. The van der Waals surface area contributed by atoms with Crippen LogP contribution < -0.4 is 5.73 Å². The quantitative estimate of drug-likeness (QED) is 0.669. The van der Waals surface area contributed by atoms with E-state index in [1.165, 1.54) is 0 Å². The number of amides is 1. The van der Waals surface area contributed by atoms with Crippen LogP contribution in [0.4, 0.5) is 0 Å². The first-order valence-corrected chi connectivity index (χ1v) is 3.77. The second-order valence-corrected chi connectivity index (χ2v) is 3.71. The van der Waals surface area contributed by atoms with Gasteiger partial charge in [0.15, 0.2) is 0 Å². The molecule has 0 radical (unpaired) electrons. The molecule has 0 aromatic carbocycles. The Hall–Kier alpha value is -0.570. The van der Waals surface area contributed by atoms with Crippen LogP contribution >= 0.6 is 0 Å². The molecule has 1 unspecified atom stereocenters. The molecule has 3 nitrogen and oxygen atoms in total. The van der Waals surface area contributed by atoms with Crippen molar-refractivity contribution in [2.75, 3.05) is 0 Å². The normalized spacial score (nSPS) is 14.5. The minimum atomic E-state index is -0.318. The minimum Gasteiger partial charge on any atom is -0.372 e. The number of hydrogen-bond acceptors (Lipinski definition) is 2. The highest BCUT2D eigenvalue weighted by Gasteiger charge is 2.16. The second-order valence-electron chi connectivity index (χ2n) is 3.71. The van der Waals surface area contributed by atoms with Gasteiger partial charge in [-0.25, -0.2) is 0 Å². The zero-order valence-corrected chi connectivity index (χ0v) is 7.68. The number of hydrogen-bond donors (Lipinski definition) is 1. The molecule has 0 saturated carbocycles. The van der Waals surface area contributed by atoms with Crippen molar-refractivity contribution >= 4 is 5.91 Å². The zero-order chi connectivity index (χ0) is 9.07. The molecule has 0 aromatic heterocycles. The number of primary amides is 1. The van der Waals surface area contributed by atoms with Crippen molar-refractivity contribution in [2.24, 2.45) is 5.73 Å². The highest BCUT2D eigenvalue weighted by atomic mass is 16.5. The van der Waals surface area contributed by atoms with Crippen molar-refractivity contribution in [1.82, 2.24) is 0 Å². The third kappa shape index (κ3) is 7.33. The van der Waals surface area contributed by atoms with E-state index in [4.69, 9.17) is 10.5 Å². The molecule has 66 valence electrons. The van der Waals surface area contributed by atoms with E-state index in [2.05, 4.69) is 0 Å². The molecule has 0 spiro atoms. The largest absolute Gasteiger partial charge is 0.372 e. The van der Waals surface area contributed by atoms with Gasteiger partial charge < -0.3 is 10.5 Å². The van der Waals surface area contributed by atoms with Gasteiger partial charge in [0.1, 0.15) is 0 Å². The fourth-order valence-corrected chi connectivity index (χ4v) is 0.929. The summed E-state index contributed by atoms with van der Waals surface area (Å²) in [5.41, 5.74) is 4.79. The highest BCUT2D eigenvalue weighted by Crippen LogP contribution is 2.11. The summed E-state index contributed by atoms with van der Waals surface area (Å²) in [4.78, 5) is 10.4. The average Bonchev–Trinajstić information content (AvgIpc) is 1.53. The maximum absolute atomic E-state index is 10.4. The van der Waals surface area contributed by atoms with Crippen LogP contribution in [0.15, 0.2) is 0 Å². The van der Waals surface area contributed by atoms with Crippen LogP contribution in [-0.2, 0) is 9.53 Å². The summed E-state index contributed by atoms with van der Waals surface area (Å²) in [6.07, 6.45) is 0.199. The molecule has 0 aliphatic heterocycles. The van der Waals surface area contributed by atoms with Crippen molar-refractivity contribution in [3.05, 3.63) is 0 Å². The van der Waals surface area contributed by atoms with E-state index >= 15 is 0 Å². The molecule has 1 amide bonds. The van der Waals surface area contributed by atoms with Gasteiger partial charge >= 0.3 is 0 Å². The maximum Gasteiger partial charge on any atom is 0.220 e.